The number of nitrogens with zero attached hydrogens (tertiary/aromatic N) is 1. The number of amides is 1. The fourth-order valence-electron chi connectivity index (χ4n) is 2.92. The van der Waals surface area contributed by atoms with Crippen molar-refractivity contribution in [3.8, 4) is 0 Å². The second-order valence-electron chi connectivity index (χ2n) is 6.34. The van der Waals surface area contributed by atoms with Crippen LogP contribution < -0.4 is 5.73 Å². The third-order valence-corrected chi connectivity index (χ3v) is 4.49. The second kappa shape index (κ2) is 6.48. The summed E-state index contributed by atoms with van der Waals surface area (Å²) in [5.74, 6) is 0.413. The molecule has 0 saturated carbocycles. The molecule has 4 heteroatoms. The topological polar surface area (TPSA) is 55.6 Å². The molecule has 1 aliphatic rings. The molecular weight excluding hydrogens is 264 g/mol. The minimum Gasteiger partial charge on any atom is -0.399 e. The molecule has 2 atom stereocenters. The number of benzene rings is 1. The van der Waals surface area contributed by atoms with Crippen molar-refractivity contribution in [2.45, 2.75) is 44.6 Å². The third-order valence-electron chi connectivity index (χ3n) is 4.49. The molecule has 116 valence electrons. The molecule has 1 aromatic rings. The number of carbonyl (C=O) groups is 1. The zero-order valence-electron chi connectivity index (χ0n) is 13.3. The SMILES string of the molecule is COC1(C)CCCN(C(=O)CC(C)c2ccc(N)cc2)C1. The number of nitrogens with two attached hydrogens (primary N) is 1. The quantitative estimate of drug-likeness (QED) is 0.868. The van der Waals surface area contributed by atoms with Crippen molar-refractivity contribution in [3.05, 3.63) is 29.8 Å². The predicted octanol–water partition coefficient (Wildman–Crippen LogP) is 2.79. The first kappa shape index (κ1) is 15.8. The summed E-state index contributed by atoms with van der Waals surface area (Å²) in [6.45, 7) is 5.70. The molecule has 2 rings (SSSR count). The molecule has 0 aromatic heterocycles. The van der Waals surface area contributed by atoms with Gasteiger partial charge >= 0.3 is 0 Å². The highest BCUT2D eigenvalue weighted by Crippen LogP contribution is 2.26. The summed E-state index contributed by atoms with van der Waals surface area (Å²) >= 11 is 0. The van der Waals surface area contributed by atoms with Crippen LogP contribution in [0.3, 0.4) is 0 Å². The average Bonchev–Trinajstić information content (AvgIpc) is 2.48. The average molecular weight is 290 g/mol. The monoisotopic (exact) mass is 290 g/mol. The van der Waals surface area contributed by atoms with Gasteiger partial charge < -0.3 is 15.4 Å². The summed E-state index contributed by atoms with van der Waals surface area (Å²) in [6, 6.07) is 7.78. The van der Waals surface area contributed by atoms with Gasteiger partial charge in [-0.1, -0.05) is 19.1 Å². The number of anilines is 1. The van der Waals surface area contributed by atoms with Crippen LogP contribution in [0, 0.1) is 0 Å². The minimum absolute atomic E-state index is 0.196. The van der Waals surface area contributed by atoms with E-state index in [0.29, 0.717) is 13.0 Å². The Labute approximate surface area is 127 Å². The summed E-state index contributed by atoms with van der Waals surface area (Å²) in [5.41, 5.74) is 7.42. The Hall–Kier alpha value is -1.55. The smallest absolute Gasteiger partial charge is 0.223 e. The van der Waals surface area contributed by atoms with Crippen molar-refractivity contribution in [1.82, 2.24) is 4.90 Å². The van der Waals surface area contributed by atoms with E-state index in [0.717, 1.165) is 30.6 Å². The standard InChI is InChI=1S/C17H26N2O2/c1-13(14-5-7-15(18)8-6-14)11-16(20)19-10-4-9-17(2,12-19)21-3/h5-8,13H,4,9-12,18H2,1-3H3. The van der Waals surface area contributed by atoms with Gasteiger partial charge in [-0.25, -0.2) is 0 Å². The first-order valence-corrected chi connectivity index (χ1v) is 7.62. The van der Waals surface area contributed by atoms with Crippen LogP contribution in [0.1, 0.15) is 44.6 Å². The zero-order chi connectivity index (χ0) is 15.5. The summed E-state index contributed by atoms with van der Waals surface area (Å²) in [7, 11) is 1.73. The highest BCUT2D eigenvalue weighted by Gasteiger charge is 2.33. The molecular formula is C17H26N2O2. The number of ether oxygens (including phenoxy) is 1. The van der Waals surface area contributed by atoms with Crippen LogP contribution in [-0.2, 0) is 9.53 Å². The van der Waals surface area contributed by atoms with Crippen molar-refractivity contribution in [1.29, 1.82) is 0 Å². The van der Waals surface area contributed by atoms with E-state index in [1.54, 1.807) is 7.11 Å². The maximum absolute atomic E-state index is 12.5. The second-order valence-corrected chi connectivity index (χ2v) is 6.34. The molecule has 1 aliphatic heterocycles. The van der Waals surface area contributed by atoms with Crippen LogP contribution in [0.15, 0.2) is 24.3 Å². The Kier molecular flexibility index (Phi) is 4.88. The lowest BCUT2D eigenvalue weighted by Gasteiger charge is -2.39. The van der Waals surface area contributed by atoms with Crippen LogP contribution in [-0.4, -0.2) is 36.6 Å². The molecule has 2 unspecified atom stereocenters. The van der Waals surface area contributed by atoms with Gasteiger partial charge in [-0.05, 0) is 43.4 Å². The number of hydrogen-bond acceptors (Lipinski definition) is 3. The van der Waals surface area contributed by atoms with Gasteiger partial charge in [0.25, 0.3) is 0 Å². The number of methoxy groups -OCH3 is 1. The molecule has 2 N–H and O–H groups in total. The molecule has 1 fully saturated rings. The van der Waals surface area contributed by atoms with Crippen molar-refractivity contribution in [2.24, 2.45) is 0 Å². The van der Waals surface area contributed by atoms with E-state index in [-0.39, 0.29) is 17.4 Å². The molecule has 1 aromatic carbocycles. The van der Waals surface area contributed by atoms with Crippen molar-refractivity contribution in [3.63, 3.8) is 0 Å². The van der Waals surface area contributed by atoms with Gasteiger partial charge in [0.15, 0.2) is 0 Å². The van der Waals surface area contributed by atoms with E-state index in [1.807, 2.05) is 29.2 Å². The van der Waals surface area contributed by atoms with Gasteiger partial charge in [0.1, 0.15) is 0 Å². The van der Waals surface area contributed by atoms with Crippen LogP contribution in [0.25, 0.3) is 0 Å². The van der Waals surface area contributed by atoms with E-state index < -0.39 is 0 Å². The maximum Gasteiger partial charge on any atom is 0.223 e. The lowest BCUT2D eigenvalue weighted by Crippen LogP contribution is -2.49. The third kappa shape index (κ3) is 3.97. The van der Waals surface area contributed by atoms with E-state index in [1.165, 1.54) is 0 Å². The Morgan fingerprint density at radius 2 is 2.10 bits per heavy atom. The van der Waals surface area contributed by atoms with Crippen molar-refractivity contribution >= 4 is 11.6 Å². The van der Waals surface area contributed by atoms with Gasteiger partial charge in [0, 0.05) is 32.3 Å². The van der Waals surface area contributed by atoms with Crippen molar-refractivity contribution in [2.75, 3.05) is 25.9 Å². The highest BCUT2D eigenvalue weighted by molar-refractivity contribution is 5.77. The van der Waals surface area contributed by atoms with Gasteiger partial charge in [-0.3, -0.25) is 4.79 Å². The first-order valence-electron chi connectivity index (χ1n) is 7.62. The number of piperidine rings is 1. The molecule has 4 nitrogen and oxygen atoms in total. The number of nitrogen functional groups attached to an aromatic ring is 1. The Bertz CT molecular complexity index is 486. The summed E-state index contributed by atoms with van der Waals surface area (Å²) < 4.78 is 5.55. The maximum atomic E-state index is 12.5. The number of likely N-dealkylation sites (tertiary alicyclic amines) is 1. The summed E-state index contributed by atoms with van der Waals surface area (Å²) in [6.07, 6.45) is 2.55. The first-order chi connectivity index (χ1) is 9.93. The van der Waals surface area contributed by atoms with Gasteiger partial charge in [0.2, 0.25) is 5.91 Å². The largest absolute Gasteiger partial charge is 0.399 e. The van der Waals surface area contributed by atoms with Crippen LogP contribution >= 0.6 is 0 Å². The van der Waals surface area contributed by atoms with Crippen LogP contribution in [0.5, 0.6) is 0 Å². The lowest BCUT2D eigenvalue weighted by molar-refractivity contribution is -0.139. The summed E-state index contributed by atoms with van der Waals surface area (Å²) in [5, 5.41) is 0. The fourth-order valence-corrected chi connectivity index (χ4v) is 2.92. The van der Waals surface area contributed by atoms with Crippen LogP contribution in [0.2, 0.25) is 0 Å². The van der Waals surface area contributed by atoms with Gasteiger partial charge in [-0.2, -0.15) is 0 Å². The number of rotatable bonds is 4. The Balaban J connectivity index is 1.96. The predicted molar refractivity (Wildman–Crippen MR) is 85.1 cm³/mol. The molecule has 0 bridgehead atoms. The van der Waals surface area contributed by atoms with E-state index in [2.05, 4.69) is 13.8 Å². The molecule has 0 aliphatic carbocycles. The minimum atomic E-state index is -0.196. The molecule has 1 saturated heterocycles. The number of carbonyl (C=O) groups excluding carboxylic acids is 1. The lowest BCUT2D eigenvalue weighted by atomic mass is 9.92. The fraction of sp³-hybridized carbons (Fsp3) is 0.588. The molecule has 21 heavy (non-hydrogen) atoms. The van der Waals surface area contributed by atoms with Crippen LogP contribution in [0.4, 0.5) is 5.69 Å². The van der Waals surface area contributed by atoms with E-state index >= 15 is 0 Å². The van der Waals surface area contributed by atoms with E-state index in [4.69, 9.17) is 10.5 Å². The van der Waals surface area contributed by atoms with Crippen molar-refractivity contribution < 1.29 is 9.53 Å². The zero-order valence-corrected chi connectivity index (χ0v) is 13.3. The highest BCUT2D eigenvalue weighted by atomic mass is 16.5. The normalized spacial score (nSPS) is 23.9. The Morgan fingerprint density at radius 3 is 2.71 bits per heavy atom. The molecule has 1 amide bonds. The molecule has 0 spiro atoms. The Morgan fingerprint density at radius 1 is 1.43 bits per heavy atom. The van der Waals surface area contributed by atoms with Gasteiger partial charge in [0.05, 0.1) is 5.60 Å². The van der Waals surface area contributed by atoms with E-state index in [9.17, 15) is 4.79 Å². The molecule has 0 radical (unpaired) electrons. The van der Waals surface area contributed by atoms with Gasteiger partial charge in [-0.15, -0.1) is 0 Å². The number of hydrogen-bond donors (Lipinski definition) is 1. The summed E-state index contributed by atoms with van der Waals surface area (Å²) in [4.78, 5) is 14.4. The molecule has 1 heterocycles.